The van der Waals surface area contributed by atoms with Crippen molar-refractivity contribution in [3.63, 3.8) is 0 Å². The van der Waals surface area contributed by atoms with Crippen molar-refractivity contribution in [2.24, 2.45) is 5.73 Å². The maximum absolute atomic E-state index is 13.0. The topological polar surface area (TPSA) is 64.2 Å². The summed E-state index contributed by atoms with van der Waals surface area (Å²) in [6, 6.07) is 6.15. The predicted octanol–water partition coefficient (Wildman–Crippen LogP) is 2.30. The first-order chi connectivity index (χ1) is 10.6. The van der Waals surface area contributed by atoms with Crippen LogP contribution in [-0.2, 0) is 0 Å². The highest BCUT2D eigenvalue weighted by Gasteiger charge is 2.30. The molecule has 1 amide bonds. The van der Waals surface area contributed by atoms with Crippen molar-refractivity contribution in [1.29, 1.82) is 0 Å². The standard InChI is InChI=1S/C16H19FN4O.ClH/c1-11-15(16(22)20-8-2-3-14(20)9-18)10-19-21(11)13-6-4-12(17)5-7-13;/h4-7,10,14H,2-3,8-9,18H2,1H3;1H. The van der Waals surface area contributed by atoms with E-state index in [0.29, 0.717) is 12.1 Å². The summed E-state index contributed by atoms with van der Waals surface area (Å²) < 4.78 is 14.7. The first-order valence-corrected chi connectivity index (χ1v) is 7.43. The van der Waals surface area contributed by atoms with Crippen molar-refractivity contribution in [3.05, 3.63) is 47.5 Å². The highest BCUT2D eigenvalue weighted by molar-refractivity contribution is 5.95. The largest absolute Gasteiger partial charge is 0.334 e. The van der Waals surface area contributed by atoms with E-state index in [1.165, 1.54) is 12.1 Å². The lowest BCUT2D eigenvalue weighted by Gasteiger charge is -2.23. The zero-order valence-electron chi connectivity index (χ0n) is 12.9. The molecule has 1 aromatic heterocycles. The Balaban J connectivity index is 0.00000192. The summed E-state index contributed by atoms with van der Waals surface area (Å²) in [5, 5.41) is 4.27. The summed E-state index contributed by atoms with van der Waals surface area (Å²) in [7, 11) is 0. The number of hydrogen-bond donors (Lipinski definition) is 1. The number of hydrogen-bond acceptors (Lipinski definition) is 3. The second kappa shape index (κ2) is 7.10. The number of carbonyl (C=O) groups excluding carboxylic acids is 1. The fourth-order valence-electron chi connectivity index (χ4n) is 2.97. The quantitative estimate of drug-likeness (QED) is 0.934. The molecule has 0 aliphatic carbocycles. The van der Waals surface area contributed by atoms with E-state index >= 15 is 0 Å². The maximum Gasteiger partial charge on any atom is 0.257 e. The van der Waals surface area contributed by atoms with Crippen LogP contribution in [0, 0.1) is 12.7 Å². The van der Waals surface area contributed by atoms with Crippen LogP contribution in [0.3, 0.4) is 0 Å². The van der Waals surface area contributed by atoms with E-state index in [-0.39, 0.29) is 30.2 Å². The Bertz CT molecular complexity index is 686. The molecule has 0 bridgehead atoms. The summed E-state index contributed by atoms with van der Waals surface area (Å²) in [6.07, 6.45) is 3.51. The zero-order chi connectivity index (χ0) is 15.7. The molecule has 1 aromatic carbocycles. The fourth-order valence-corrected chi connectivity index (χ4v) is 2.97. The molecule has 0 radical (unpaired) electrons. The van der Waals surface area contributed by atoms with Gasteiger partial charge in [0.25, 0.3) is 5.91 Å². The molecule has 1 unspecified atom stereocenters. The highest BCUT2D eigenvalue weighted by Crippen LogP contribution is 2.22. The summed E-state index contributed by atoms with van der Waals surface area (Å²) in [4.78, 5) is 14.5. The number of halogens is 2. The van der Waals surface area contributed by atoms with Crippen molar-refractivity contribution >= 4 is 18.3 Å². The third-order valence-electron chi connectivity index (χ3n) is 4.22. The minimum atomic E-state index is -0.298. The van der Waals surface area contributed by atoms with E-state index in [4.69, 9.17) is 5.73 Å². The van der Waals surface area contributed by atoms with Gasteiger partial charge >= 0.3 is 0 Å². The second-order valence-electron chi connectivity index (χ2n) is 5.56. The van der Waals surface area contributed by atoms with Crippen LogP contribution in [0.15, 0.2) is 30.5 Å². The molecular formula is C16H20ClFN4O. The van der Waals surface area contributed by atoms with Crippen LogP contribution in [0.2, 0.25) is 0 Å². The van der Waals surface area contributed by atoms with Crippen LogP contribution >= 0.6 is 12.4 Å². The van der Waals surface area contributed by atoms with Crippen molar-refractivity contribution < 1.29 is 9.18 Å². The molecule has 124 valence electrons. The minimum Gasteiger partial charge on any atom is -0.334 e. The zero-order valence-corrected chi connectivity index (χ0v) is 13.7. The molecule has 1 aliphatic heterocycles. The number of benzene rings is 1. The molecule has 0 spiro atoms. The molecule has 2 N–H and O–H groups in total. The average molecular weight is 339 g/mol. The number of aromatic nitrogens is 2. The minimum absolute atomic E-state index is 0. The Morgan fingerprint density at radius 2 is 2.09 bits per heavy atom. The monoisotopic (exact) mass is 338 g/mol. The first kappa shape index (κ1) is 17.4. The first-order valence-electron chi connectivity index (χ1n) is 7.43. The van der Waals surface area contributed by atoms with E-state index < -0.39 is 0 Å². The Morgan fingerprint density at radius 1 is 1.39 bits per heavy atom. The molecule has 1 atom stereocenters. The van der Waals surface area contributed by atoms with E-state index in [1.54, 1.807) is 23.0 Å². The maximum atomic E-state index is 13.0. The summed E-state index contributed by atoms with van der Waals surface area (Å²) >= 11 is 0. The Labute approximate surface area is 140 Å². The molecule has 5 nitrogen and oxygen atoms in total. The highest BCUT2D eigenvalue weighted by atomic mass is 35.5. The van der Waals surface area contributed by atoms with E-state index in [1.807, 2.05) is 11.8 Å². The number of amides is 1. The molecule has 23 heavy (non-hydrogen) atoms. The molecule has 1 aliphatic rings. The van der Waals surface area contributed by atoms with Crippen molar-refractivity contribution in [3.8, 4) is 5.69 Å². The lowest BCUT2D eigenvalue weighted by molar-refractivity contribution is 0.0740. The van der Waals surface area contributed by atoms with E-state index in [9.17, 15) is 9.18 Å². The normalized spacial score (nSPS) is 17.2. The van der Waals surface area contributed by atoms with Crippen LogP contribution in [0.1, 0.15) is 28.9 Å². The van der Waals surface area contributed by atoms with Crippen LogP contribution in [-0.4, -0.2) is 39.7 Å². The molecule has 1 fully saturated rings. The van der Waals surface area contributed by atoms with E-state index in [2.05, 4.69) is 5.10 Å². The molecule has 7 heteroatoms. The van der Waals surface area contributed by atoms with Crippen LogP contribution in [0.25, 0.3) is 5.69 Å². The van der Waals surface area contributed by atoms with Crippen molar-refractivity contribution in [2.45, 2.75) is 25.8 Å². The lowest BCUT2D eigenvalue weighted by Crippen LogP contribution is -2.40. The molecule has 2 aromatic rings. The lowest BCUT2D eigenvalue weighted by atomic mass is 10.2. The van der Waals surface area contributed by atoms with E-state index in [0.717, 1.165) is 30.8 Å². The van der Waals surface area contributed by atoms with Gasteiger partial charge in [0, 0.05) is 19.1 Å². The molecule has 2 heterocycles. The third-order valence-corrected chi connectivity index (χ3v) is 4.22. The van der Waals surface area contributed by atoms with Gasteiger partial charge in [0.05, 0.1) is 23.1 Å². The molecule has 3 rings (SSSR count). The molecular weight excluding hydrogens is 319 g/mol. The van der Waals surface area contributed by atoms with Crippen LogP contribution < -0.4 is 5.73 Å². The van der Waals surface area contributed by atoms with Gasteiger partial charge in [-0.25, -0.2) is 9.07 Å². The number of nitrogens with zero attached hydrogens (tertiary/aromatic N) is 3. The summed E-state index contributed by atoms with van der Waals surface area (Å²) in [6.45, 7) is 3.07. The molecule has 0 saturated carbocycles. The van der Waals surface area contributed by atoms with Crippen molar-refractivity contribution in [1.82, 2.24) is 14.7 Å². The molecule has 1 saturated heterocycles. The van der Waals surface area contributed by atoms with Crippen LogP contribution in [0.4, 0.5) is 4.39 Å². The smallest absolute Gasteiger partial charge is 0.257 e. The van der Waals surface area contributed by atoms with Gasteiger partial charge in [0.1, 0.15) is 5.82 Å². The van der Waals surface area contributed by atoms with Gasteiger partial charge in [-0.15, -0.1) is 12.4 Å². The summed E-state index contributed by atoms with van der Waals surface area (Å²) in [5.41, 5.74) is 7.79. The van der Waals surface area contributed by atoms with Gasteiger partial charge in [0.15, 0.2) is 0 Å². The van der Waals surface area contributed by atoms with Gasteiger partial charge in [0.2, 0.25) is 0 Å². The van der Waals surface area contributed by atoms with Gasteiger partial charge in [-0.05, 0) is 44.0 Å². The number of carbonyl (C=O) groups is 1. The fraction of sp³-hybridized carbons (Fsp3) is 0.375. The Morgan fingerprint density at radius 3 is 2.74 bits per heavy atom. The Kier molecular flexibility index (Phi) is 5.38. The van der Waals surface area contributed by atoms with Crippen molar-refractivity contribution in [2.75, 3.05) is 13.1 Å². The average Bonchev–Trinajstić information content (AvgIpc) is 3.14. The number of likely N-dealkylation sites (tertiary alicyclic amines) is 1. The summed E-state index contributed by atoms with van der Waals surface area (Å²) in [5.74, 6) is -0.327. The van der Waals surface area contributed by atoms with Gasteiger partial charge in [-0.2, -0.15) is 5.10 Å². The number of rotatable bonds is 3. The SMILES string of the molecule is Cc1c(C(=O)N2CCCC2CN)cnn1-c1ccc(F)cc1.Cl. The van der Waals surface area contributed by atoms with Gasteiger partial charge in [-0.3, -0.25) is 4.79 Å². The van der Waals surface area contributed by atoms with Gasteiger partial charge < -0.3 is 10.6 Å². The van der Waals surface area contributed by atoms with Crippen LogP contribution in [0.5, 0.6) is 0 Å². The third kappa shape index (κ3) is 3.23. The number of nitrogens with two attached hydrogens (primary N) is 1. The second-order valence-corrected chi connectivity index (χ2v) is 5.56. The van der Waals surface area contributed by atoms with Gasteiger partial charge in [-0.1, -0.05) is 0 Å². The Hall–Kier alpha value is -1.92. The predicted molar refractivity (Wildman–Crippen MR) is 88.6 cm³/mol.